The predicted molar refractivity (Wildman–Crippen MR) is 135 cm³/mol. The largest absolute Gasteiger partial charge is 0.495 e. The Bertz CT molecular complexity index is 1300. The summed E-state index contributed by atoms with van der Waals surface area (Å²) in [6, 6.07) is 6.03. The Balaban J connectivity index is 1.45. The highest BCUT2D eigenvalue weighted by atomic mass is 16.5. The Morgan fingerprint density at radius 1 is 1.22 bits per heavy atom. The van der Waals surface area contributed by atoms with Crippen LogP contribution in [-0.4, -0.2) is 77.2 Å². The fourth-order valence-corrected chi connectivity index (χ4v) is 4.93. The molecule has 10 nitrogen and oxygen atoms in total. The third kappa shape index (κ3) is 4.55. The van der Waals surface area contributed by atoms with E-state index in [0.717, 1.165) is 41.2 Å². The summed E-state index contributed by atoms with van der Waals surface area (Å²) in [6.07, 6.45) is 3.95. The van der Waals surface area contributed by atoms with E-state index >= 15 is 0 Å². The molecule has 2 unspecified atom stereocenters. The van der Waals surface area contributed by atoms with Crippen molar-refractivity contribution in [3.05, 3.63) is 36.2 Å². The highest BCUT2D eigenvalue weighted by Crippen LogP contribution is 2.35. The second-order valence-corrected chi connectivity index (χ2v) is 9.52. The first-order valence-electron chi connectivity index (χ1n) is 12.3. The number of nitrogens with one attached hydrogen (secondary N) is 1. The summed E-state index contributed by atoms with van der Waals surface area (Å²) < 4.78 is 13.9. The highest BCUT2D eigenvalue weighted by Gasteiger charge is 2.29. The summed E-state index contributed by atoms with van der Waals surface area (Å²) in [4.78, 5) is 32.4. The van der Waals surface area contributed by atoms with Crippen LogP contribution in [0.5, 0.6) is 11.6 Å². The number of methoxy groups -OCH3 is 1. The molecule has 0 bridgehead atoms. The minimum atomic E-state index is -0.185. The molecule has 0 saturated carbocycles. The zero-order valence-corrected chi connectivity index (χ0v) is 21.2. The molecule has 1 N–H and O–H groups in total. The van der Waals surface area contributed by atoms with Gasteiger partial charge in [0.05, 0.1) is 30.9 Å². The normalized spacial score (nSPS) is 18.9. The second kappa shape index (κ2) is 9.67. The van der Waals surface area contributed by atoms with Crippen LogP contribution in [0.1, 0.15) is 25.8 Å². The first-order chi connectivity index (χ1) is 17.3. The standard InChI is InChI=1S/C26H32N6O4/c1-16-13-28-32-15-21(29-26(25(16)32)36-17(2)20-12-24(34)27-14-20)19-5-6-22(23(11-19)35-4)31-9-7-30(8-10-31)18(3)33/h5-6,11,13,15,17,20H,7-10,12,14H2,1-4H3,(H,27,34). The Labute approximate surface area is 210 Å². The fourth-order valence-electron chi connectivity index (χ4n) is 4.93. The molecule has 1 aromatic carbocycles. The summed E-state index contributed by atoms with van der Waals surface area (Å²) in [6.45, 7) is 9.06. The van der Waals surface area contributed by atoms with Gasteiger partial charge in [-0.2, -0.15) is 5.10 Å². The number of aromatic nitrogens is 3. The molecule has 0 spiro atoms. The molecule has 2 aromatic heterocycles. The first kappa shape index (κ1) is 23.9. The van der Waals surface area contributed by atoms with Gasteiger partial charge in [0.2, 0.25) is 17.7 Å². The van der Waals surface area contributed by atoms with Crippen LogP contribution in [0.3, 0.4) is 0 Å². The molecule has 10 heteroatoms. The molecular weight excluding hydrogens is 460 g/mol. The van der Waals surface area contributed by atoms with Crippen molar-refractivity contribution >= 4 is 23.0 Å². The van der Waals surface area contributed by atoms with E-state index in [4.69, 9.17) is 14.5 Å². The van der Waals surface area contributed by atoms with Crippen molar-refractivity contribution in [1.82, 2.24) is 24.8 Å². The molecular formula is C26H32N6O4. The van der Waals surface area contributed by atoms with Crippen LogP contribution < -0.4 is 19.7 Å². The molecule has 0 aliphatic carbocycles. The fraction of sp³-hybridized carbons (Fsp3) is 0.462. The second-order valence-electron chi connectivity index (χ2n) is 9.52. The maximum atomic E-state index is 11.7. The van der Waals surface area contributed by atoms with Gasteiger partial charge in [-0.1, -0.05) is 6.07 Å². The predicted octanol–water partition coefficient (Wildman–Crippen LogP) is 2.29. The highest BCUT2D eigenvalue weighted by molar-refractivity contribution is 5.78. The van der Waals surface area contributed by atoms with E-state index < -0.39 is 0 Å². The van der Waals surface area contributed by atoms with Crippen molar-refractivity contribution in [2.75, 3.05) is 44.7 Å². The number of ether oxygens (including phenoxy) is 2. The lowest BCUT2D eigenvalue weighted by Crippen LogP contribution is -2.48. The summed E-state index contributed by atoms with van der Waals surface area (Å²) in [5.41, 5.74) is 4.36. The maximum Gasteiger partial charge on any atom is 0.241 e. The van der Waals surface area contributed by atoms with Crippen LogP contribution >= 0.6 is 0 Å². The van der Waals surface area contributed by atoms with Crippen LogP contribution in [0.25, 0.3) is 16.8 Å². The van der Waals surface area contributed by atoms with Crippen molar-refractivity contribution < 1.29 is 19.1 Å². The maximum absolute atomic E-state index is 11.7. The summed E-state index contributed by atoms with van der Waals surface area (Å²) >= 11 is 0. The van der Waals surface area contributed by atoms with E-state index in [1.165, 1.54) is 0 Å². The van der Waals surface area contributed by atoms with Crippen LogP contribution in [0.4, 0.5) is 5.69 Å². The van der Waals surface area contributed by atoms with Crippen molar-refractivity contribution in [2.24, 2.45) is 5.92 Å². The molecule has 2 fully saturated rings. The first-order valence-corrected chi connectivity index (χ1v) is 12.3. The van der Waals surface area contributed by atoms with Crippen molar-refractivity contribution in [3.63, 3.8) is 0 Å². The van der Waals surface area contributed by atoms with Crippen LogP contribution in [-0.2, 0) is 9.59 Å². The van der Waals surface area contributed by atoms with Gasteiger partial charge in [0, 0.05) is 63.1 Å². The number of rotatable bonds is 6. The number of hydrogen-bond acceptors (Lipinski definition) is 7. The number of anilines is 1. The molecule has 3 aromatic rings. The molecule has 190 valence electrons. The number of carbonyl (C=O) groups is 2. The Morgan fingerprint density at radius 3 is 2.67 bits per heavy atom. The monoisotopic (exact) mass is 492 g/mol. The van der Waals surface area contributed by atoms with Crippen LogP contribution in [0.15, 0.2) is 30.6 Å². The van der Waals surface area contributed by atoms with Gasteiger partial charge < -0.3 is 24.6 Å². The molecule has 2 atom stereocenters. The molecule has 5 rings (SSSR count). The third-order valence-electron chi connectivity index (χ3n) is 7.16. The lowest BCUT2D eigenvalue weighted by molar-refractivity contribution is -0.129. The van der Waals surface area contributed by atoms with Gasteiger partial charge in [0.25, 0.3) is 0 Å². The van der Waals surface area contributed by atoms with E-state index in [2.05, 4.69) is 15.3 Å². The van der Waals surface area contributed by atoms with Crippen molar-refractivity contribution in [2.45, 2.75) is 33.3 Å². The number of carbonyl (C=O) groups excluding carboxylic acids is 2. The summed E-state index contributed by atoms with van der Waals surface area (Å²) in [5, 5.41) is 7.37. The van der Waals surface area contributed by atoms with Gasteiger partial charge in [-0.05, 0) is 26.0 Å². The Kier molecular flexibility index (Phi) is 6.42. The van der Waals surface area contributed by atoms with Gasteiger partial charge in [-0.15, -0.1) is 0 Å². The lowest BCUT2D eigenvalue weighted by Gasteiger charge is -2.36. The quantitative estimate of drug-likeness (QED) is 0.563. The van der Waals surface area contributed by atoms with E-state index in [0.29, 0.717) is 37.6 Å². The lowest BCUT2D eigenvalue weighted by atomic mass is 10.0. The zero-order chi connectivity index (χ0) is 25.4. The molecule has 2 amide bonds. The molecule has 36 heavy (non-hydrogen) atoms. The van der Waals surface area contributed by atoms with Gasteiger partial charge in [0.15, 0.2) is 0 Å². The van der Waals surface area contributed by atoms with Crippen LogP contribution in [0.2, 0.25) is 0 Å². The van der Waals surface area contributed by atoms with E-state index in [-0.39, 0.29) is 23.8 Å². The smallest absolute Gasteiger partial charge is 0.241 e. The SMILES string of the molecule is COc1cc(-c2cn3ncc(C)c3c(OC(C)C3CNC(=O)C3)n2)ccc1N1CCN(C(C)=O)CC1. The number of aryl methyl sites for hydroxylation is 1. The summed E-state index contributed by atoms with van der Waals surface area (Å²) in [7, 11) is 1.66. The summed E-state index contributed by atoms with van der Waals surface area (Å²) in [5.74, 6) is 1.49. The van der Waals surface area contributed by atoms with E-state index in [9.17, 15) is 9.59 Å². The molecule has 2 aliphatic rings. The minimum absolute atomic E-state index is 0.0535. The number of amides is 2. The average Bonchev–Trinajstić information content (AvgIpc) is 3.49. The number of piperazine rings is 1. The molecule has 2 saturated heterocycles. The van der Waals surface area contributed by atoms with Crippen molar-refractivity contribution in [1.29, 1.82) is 0 Å². The van der Waals surface area contributed by atoms with E-state index in [1.807, 2.05) is 43.1 Å². The molecule has 4 heterocycles. The zero-order valence-electron chi connectivity index (χ0n) is 21.2. The number of benzene rings is 1. The van der Waals surface area contributed by atoms with Gasteiger partial charge in [-0.3, -0.25) is 9.59 Å². The van der Waals surface area contributed by atoms with Gasteiger partial charge >= 0.3 is 0 Å². The molecule has 0 radical (unpaired) electrons. The van der Waals surface area contributed by atoms with Crippen LogP contribution in [0, 0.1) is 12.8 Å². The Hall–Kier alpha value is -3.82. The average molecular weight is 493 g/mol. The minimum Gasteiger partial charge on any atom is -0.495 e. The number of hydrogen-bond donors (Lipinski definition) is 1. The van der Waals surface area contributed by atoms with Gasteiger partial charge in [0.1, 0.15) is 17.4 Å². The number of nitrogens with zero attached hydrogens (tertiary/aromatic N) is 5. The topological polar surface area (TPSA) is 101 Å². The number of fused-ring (bicyclic) bond motifs is 1. The third-order valence-corrected chi connectivity index (χ3v) is 7.16. The molecule has 2 aliphatic heterocycles. The van der Waals surface area contributed by atoms with Gasteiger partial charge in [-0.25, -0.2) is 9.50 Å². The van der Waals surface area contributed by atoms with E-state index in [1.54, 1.807) is 24.7 Å². The Morgan fingerprint density at radius 2 is 2.00 bits per heavy atom. The van der Waals surface area contributed by atoms with Crippen molar-refractivity contribution in [3.8, 4) is 22.9 Å².